The average molecular weight is 342 g/mol. The molecule has 0 aromatic heterocycles. The summed E-state index contributed by atoms with van der Waals surface area (Å²) >= 11 is 0. The molecule has 6 heteroatoms. The van der Waals surface area contributed by atoms with E-state index in [0.29, 0.717) is 0 Å². The summed E-state index contributed by atoms with van der Waals surface area (Å²) in [6.45, 7) is 7.04. The maximum absolute atomic E-state index is 10.8. The smallest absolute Gasteiger partial charge is 0.271 e. The number of quaternary nitrogens is 1. The second-order valence-electron chi connectivity index (χ2n) is 5.71. The number of nitrogens with zero attached hydrogens (tertiary/aromatic N) is 3. The molecule has 0 saturated carbocycles. The Morgan fingerprint density at radius 3 is 2.35 bits per heavy atom. The van der Waals surface area contributed by atoms with E-state index in [1.165, 1.54) is 43.5 Å². The highest BCUT2D eigenvalue weighted by Crippen LogP contribution is 2.26. The van der Waals surface area contributed by atoms with E-state index in [-0.39, 0.29) is 27.6 Å². The van der Waals surface area contributed by atoms with E-state index in [2.05, 4.69) is 4.90 Å². The van der Waals surface area contributed by atoms with Crippen LogP contribution in [0.25, 0.3) is 0 Å². The fourth-order valence-corrected chi connectivity index (χ4v) is 3.40. The lowest BCUT2D eigenvalue weighted by Crippen LogP contribution is -3.00. The van der Waals surface area contributed by atoms with Gasteiger partial charge in [0.05, 0.1) is 44.2 Å². The van der Waals surface area contributed by atoms with Gasteiger partial charge in [0.1, 0.15) is 0 Å². The Morgan fingerprint density at radius 1 is 1.10 bits per heavy atom. The van der Waals surface area contributed by atoms with E-state index < -0.39 is 0 Å². The molecule has 0 aliphatic carbocycles. The Morgan fingerprint density at radius 2 is 1.75 bits per heavy atom. The quantitative estimate of drug-likeness (QED) is 0.395. The largest absolute Gasteiger partial charge is 1.00 e. The molecule has 5 nitrogen and oxygen atoms in total. The number of rotatable bonds is 2. The van der Waals surface area contributed by atoms with Crippen molar-refractivity contribution in [2.45, 2.75) is 12.8 Å². The van der Waals surface area contributed by atoms with Crippen molar-refractivity contribution in [3.8, 4) is 0 Å². The molecular weight excluding hydrogens is 322 g/mol. The van der Waals surface area contributed by atoms with Gasteiger partial charge in [-0.3, -0.25) is 10.1 Å². The maximum atomic E-state index is 10.8. The van der Waals surface area contributed by atoms with Crippen LogP contribution in [0.4, 0.5) is 11.4 Å². The highest BCUT2D eigenvalue weighted by atomic mass is 79.9. The predicted octanol–water partition coefficient (Wildman–Crippen LogP) is -0.971. The molecule has 20 heavy (non-hydrogen) atoms. The van der Waals surface area contributed by atoms with Crippen LogP contribution >= 0.6 is 0 Å². The lowest BCUT2D eigenvalue weighted by atomic mass is 10.2. The van der Waals surface area contributed by atoms with Crippen molar-refractivity contribution in [1.82, 2.24) is 0 Å². The van der Waals surface area contributed by atoms with Gasteiger partial charge in [-0.15, -0.1) is 0 Å². The zero-order valence-corrected chi connectivity index (χ0v) is 13.1. The van der Waals surface area contributed by atoms with Gasteiger partial charge in [0.25, 0.3) is 5.69 Å². The van der Waals surface area contributed by atoms with E-state index in [9.17, 15) is 10.1 Å². The predicted molar refractivity (Wildman–Crippen MR) is 74.3 cm³/mol. The molecule has 2 saturated heterocycles. The molecule has 110 valence electrons. The van der Waals surface area contributed by atoms with Crippen LogP contribution in [-0.2, 0) is 0 Å². The first-order valence-electron chi connectivity index (χ1n) is 7.03. The second kappa shape index (κ2) is 6.10. The van der Waals surface area contributed by atoms with Crippen LogP contribution in [0.15, 0.2) is 24.3 Å². The van der Waals surface area contributed by atoms with Gasteiger partial charge in [0.15, 0.2) is 0 Å². The number of hydrogen-bond acceptors (Lipinski definition) is 3. The first kappa shape index (κ1) is 15.3. The van der Waals surface area contributed by atoms with Crippen molar-refractivity contribution in [1.29, 1.82) is 0 Å². The summed E-state index contributed by atoms with van der Waals surface area (Å²) in [7, 11) is 0. The second-order valence-corrected chi connectivity index (χ2v) is 5.71. The number of non-ortho nitro benzene ring substituents is 1. The van der Waals surface area contributed by atoms with Crippen molar-refractivity contribution in [2.75, 3.05) is 44.2 Å². The summed E-state index contributed by atoms with van der Waals surface area (Å²) in [5.74, 6) is 0. The lowest BCUT2D eigenvalue weighted by Gasteiger charge is -2.42. The molecule has 0 bridgehead atoms. The minimum atomic E-state index is -0.317. The third kappa shape index (κ3) is 2.96. The van der Waals surface area contributed by atoms with Gasteiger partial charge in [-0.25, -0.2) is 0 Å². The number of benzene rings is 1. The molecule has 0 unspecified atom stereocenters. The Bertz CT molecular complexity index is 479. The van der Waals surface area contributed by atoms with Crippen LogP contribution < -0.4 is 21.9 Å². The van der Waals surface area contributed by atoms with Gasteiger partial charge < -0.3 is 26.4 Å². The first-order chi connectivity index (χ1) is 9.19. The molecule has 1 spiro atoms. The van der Waals surface area contributed by atoms with Gasteiger partial charge in [-0.2, -0.15) is 0 Å². The molecule has 0 radical (unpaired) electrons. The summed E-state index contributed by atoms with van der Waals surface area (Å²) in [5, 5.41) is 10.8. The maximum Gasteiger partial charge on any atom is 0.271 e. The molecule has 1 aromatic rings. The Labute approximate surface area is 129 Å². The molecular formula is C14H20BrN3O2. The summed E-state index contributed by atoms with van der Waals surface area (Å²) in [5.41, 5.74) is 1.18. The lowest BCUT2D eigenvalue weighted by molar-refractivity contribution is -0.917. The number of anilines is 1. The molecule has 0 amide bonds. The minimum Gasteiger partial charge on any atom is -1.00 e. The molecule has 2 heterocycles. The standard InChI is InChI=1S/C14H20N3O2.BrH/c18-16(19)14-5-3-4-13(12-14)15-6-10-17(11-7-15)8-1-2-9-17;/h3-5,12H,1-2,6-11H2;1H/q+1;/p-1. The zero-order valence-electron chi connectivity index (χ0n) is 11.5. The summed E-state index contributed by atoms with van der Waals surface area (Å²) in [6.07, 6.45) is 2.72. The van der Waals surface area contributed by atoms with Gasteiger partial charge >= 0.3 is 0 Å². The molecule has 2 fully saturated rings. The van der Waals surface area contributed by atoms with Gasteiger partial charge in [-0.05, 0) is 6.07 Å². The summed E-state index contributed by atoms with van der Waals surface area (Å²) in [6, 6.07) is 7.01. The van der Waals surface area contributed by atoms with Crippen LogP contribution in [0, 0.1) is 10.1 Å². The van der Waals surface area contributed by atoms with Crippen LogP contribution in [0.3, 0.4) is 0 Å². The Hall–Kier alpha value is -1.14. The highest BCUT2D eigenvalue weighted by Gasteiger charge is 2.35. The van der Waals surface area contributed by atoms with E-state index in [0.717, 1.165) is 18.8 Å². The SMILES string of the molecule is O=[N+]([O-])c1cccc(N2CC[N+]3(CCCC3)CC2)c1.[Br-]. The van der Waals surface area contributed by atoms with Crippen molar-refractivity contribution in [3.63, 3.8) is 0 Å². The average Bonchev–Trinajstić information content (AvgIpc) is 2.88. The number of piperazine rings is 1. The topological polar surface area (TPSA) is 46.4 Å². The van der Waals surface area contributed by atoms with Gasteiger partial charge in [0, 0.05) is 30.7 Å². The molecule has 0 N–H and O–H groups in total. The van der Waals surface area contributed by atoms with Crippen molar-refractivity contribution in [3.05, 3.63) is 34.4 Å². The van der Waals surface area contributed by atoms with Gasteiger partial charge in [0.2, 0.25) is 0 Å². The van der Waals surface area contributed by atoms with Gasteiger partial charge in [-0.1, -0.05) is 6.07 Å². The fourth-order valence-electron chi connectivity index (χ4n) is 3.40. The zero-order chi connectivity index (χ0) is 13.3. The normalized spacial score (nSPS) is 20.7. The monoisotopic (exact) mass is 341 g/mol. The van der Waals surface area contributed by atoms with Crippen molar-refractivity contribution < 1.29 is 26.4 Å². The summed E-state index contributed by atoms with van der Waals surface area (Å²) in [4.78, 5) is 12.8. The van der Waals surface area contributed by atoms with Crippen LogP contribution in [-0.4, -0.2) is 48.7 Å². The van der Waals surface area contributed by atoms with Crippen molar-refractivity contribution >= 4 is 11.4 Å². The minimum absolute atomic E-state index is 0. The van der Waals surface area contributed by atoms with E-state index in [1.54, 1.807) is 18.2 Å². The van der Waals surface area contributed by atoms with E-state index in [4.69, 9.17) is 0 Å². The number of halogens is 1. The van der Waals surface area contributed by atoms with Crippen LogP contribution in [0.2, 0.25) is 0 Å². The Kier molecular flexibility index (Phi) is 4.65. The molecule has 3 rings (SSSR count). The third-order valence-corrected chi connectivity index (χ3v) is 4.61. The van der Waals surface area contributed by atoms with E-state index >= 15 is 0 Å². The number of nitro benzene ring substituents is 1. The fraction of sp³-hybridized carbons (Fsp3) is 0.571. The van der Waals surface area contributed by atoms with Crippen LogP contribution in [0.5, 0.6) is 0 Å². The highest BCUT2D eigenvalue weighted by molar-refractivity contribution is 5.53. The molecule has 2 aliphatic rings. The van der Waals surface area contributed by atoms with Crippen molar-refractivity contribution in [2.24, 2.45) is 0 Å². The number of nitro groups is 1. The first-order valence-corrected chi connectivity index (χ1v) is 7.03. The summed E-state index contributed by atoms with van der Waals surface area (Å²) < 4.78 is 1.27. The number of hydrogen-bond donors (Lipinski definition) is 0. The third-order valence-electron chi connectivity index (χ3n) is 4.61. The molecule has 2 aliphatic heterocycles. The van der Waals surface area contributed by atoms with Crippen LogP contribution in [0.1, 0.15) is 12.8 Å². The van der Waals surface area contributed by atoms with E-state index in [1.807, 2.05) is 6.07 Å². The molecule has 1 aromatic carbocycles. The molecule has 0 atom stereocenters. The Balaban J connectivity index is 0.00000147.